The number of aliphatic hydroxyl groups is 3. The largest absolute Gasteiger partial charge is 0.465 e. The van der Waals surface area contributed by atoms with Gasteiger partial charge in [-0.2, -0.15) is 0 Å². The number of esters is 1. The molecule has 1 aliphatic heterocycles. The molecule has 1 saturated heterocycles. The van der Waals surface area contributed by atoms with Crippen LogP contribution in [0.15, 0.2) is 0 Å². The molecule has 0 aromatic rings. The quantitative estimate of drug-likeness (QED) is 0.522. The van der Waals surface area contributed by atoms with Gasteiger partial charge in [0, 0.05) is 5.92 Å². The van der Waals surface area contributed by atoms with Crippen LogP contribution in [0.5, 0.6) is 0 Å². The highest BCUT2D eigenvalue weighted by Gasteiger charge is 2.63. The molecule has 4 fully saturated rings. The number of Topliss-reactive ketones (excluding diaryl/α,β-unsaturated/α-hetero) is 1. The van der Waals surface area contributed by atoms with E-state index in [1.165, 1.54) is 0 Å². The average Bonchev–Trinajstić information content (AvgIpc) is 3.09. The maximum absolute atomic E-state index is 13.0. The Morgan fingerprint density at radius 3 is 2.29 bits per heavy atom. The highest BCUT2D eigenvalue weighted by atomic mass is 16.5. The molecule has 6 nitrogen and oxygen atoms in total. The molecule has 0 spiro atoms. The van der Waals surface area contributed by atoms with E-state index in [0.29, 0.717) is 18.9 Å². The van der Waals surface area contributed by atoms with Crippen LogP contribution in [-0.2, 0) is 14.3 Å². The van der Waals surface area contributed by atoms with Crippen molar-refractivity contribution in [2.45, 2.75) is 98.4 Å². The Hall–Kier alpha value is -0.980. The van der Waals surface area contributed by atoms with Gasteiger partial charge in [0.05, 0.1) is 24.7 Å². The van der Waals surface area contributed by atoms with Crippen LogP contribution in [0, 0.1) is 58.2 Å². The van der Waals surface area contributed by atoms with Crippen LogP contribution < -0.4 is 0 Å². The normalized spacial score (nSPS) is 47.0. The Labute approximate surface area is 204 Å². The van der Waals surface area contributed by atoms with Crippen molar-refractivity contribution in [2.75, 3.05) is 6.61 Å². The summed E-state index contributed by atoms with van der Waals surface area (Å²) in [7, 11) is 0. The molecule has 0 unspecified atom stereocenters. The summed E-state index contributed by atoms with van der Waals surface area (Å²) in [6, 6.07) is 0. The summed E-state index contributed by atoms with van der Waals surface area (Å²) in [4.78, 5) is 26.0. The molecule has 0 aromatic heterocycles. The predicted octanol–water partition coefficient (Wildman–Crippen LogP) is 3.60. The summed E-state index contributed by atoms with van der Waals surface area (Å²) in [6.45, 7) is 12.9. The summed E-state index contributed by atoms with van der Waals surface area (Å²) in [5.74, 6) is 0.356. The lowest BCUT2D eigenvalue weighted by atomic mass is 9.48. The van der Waals surface area contributed by atoms with Crippen molar-refractivity contribution >= 4 is 11.8 Å². The summed E-state index contributed by atoms with van der Waals surface area (Å²) in [6.07, 6.45) is 1.99. The molecule has 0 bridgehead atoms. The van der Waals surface area contributed by atoms with Gasteiger partial charge in [0.2, 0.25) is 0 Å². The first-order chi connectivity index (χ1) is 15.8. The van der Waals surface area contributed by atoms with Gasteiger partial charge in [-0.3, -0.25) is 9.59 Å². The van der Waals surface area contributed by atoms with Gasteiger partial charge in [-0.05, 0) is 84.9 Å². The van der Waals surface area contributed by atoms with Gasteiger partial charge in [0.15, 0.2) is 5.78 Å². The third-order valence-electron chi connectivity index (χ3n) is 11.3. The van der Waals surface area contributed by atoms with Crippen LogP contribution in [0.2, 0.25) is 0 Å². The zero-order valence-corrected chi connectivity index (χ0v) is 21.9. The third kappa shape index (κ3) is 3.96. The Morgan fingerprint density at radius 1 is 1.00 bits per heavy atom. The smallest absolute Gasteiger partial charge is 0.309 e. The molecule has 0 aromatic carbocycles. The fourth-order valence-electron chi connectivity index (χ4n) is 8.77. The molecule has 3 aliphatic carbocycles. The zero-order valence-electron chi connectivity index (χ0n) is 21.9. The summed E-state index contributed by atoms with van der Waals surface area (Å²) in [5.41, 5.74) is -0.400. The van der Waals surface area contributed by atoms with Crippen LogP contribution >= 0.6 is 0 Å². The van der Waals surface area contributed by atoms with Gasteiger partial charge in [-0.25, -0.2) is 0 Å². The monoisotopic (exact) mass is 478 g/mol. The second-order valence-corrected chi connectivity index (χ2v) is 13.1. The van der Waals surface area contributed by atoms with Gasteiger partial charge >= 0.3 is 5.97 Å². The average molecular weight is 479 g/mol. The van der Waals surface area contributed by atoms with E-state index in [-0.39, 0.29) is 70.4 Å². The predicted molar refractivity (Wildman–Crippen MR) is 129 cm³/mol. The number of aliphatic hydroxyl groups excluding tert-OH is 3. The highest BCUT2D eigenvalue weighted by molar-refractivity contribution is 5.85. The van der Waals surface area contributed by atoms with Gasteiger partial charge in [-0.15, -0.1) is 0 Å². The minimum Gasteiger partial charge on any atom is -0.465 e. The van der Waals surface area contributed by atoms with Crippen LogP contribution in [0.4, 0.5) is 0 Å². The fourth-order valence-corrected chi connectivity index (χ4v) is 8.77. The van der Waals surface area contributed by atoms with Crippen molar-refractivity contribution in [1.29, 1.82) is 0 Å². The van der Waals surface area contributed by atoms with E-state index in [0.717, 1.165) is 25.7 Å². The first-order valence-corrected chi connectivity index (χ1v) is 13.6. The fraction of sp³-hybridized carbons (Fsp3) is 0.929. The molecule has 0 radical (unpaired) electrons. The zero-order chi connectivity index (χ0) is 25.2. The molecule has 4 aliphatic rings. The molecule has 6 heteroatoms. The number of carbonyl (C=O) groups is 2. The molecule has 0 amide bonds. The van der Waals surface area contributed by atoms with Gasteiger partial charge in [0.25, 0.3) is 0 Å². The lowest BCUT2D eigenvalue weighted by Gasteiger charge is -2.56. The van der Waals surface area contributed by atoms with Crippen LogP contribution in [0.3, 0.4) is 0 Å². The summed E-state index contributed by atoms with van der Waals surface area (Å²) >= 11 is 0. The molecule has 12 atom stereocenters. The van der Waals surface area contributed by atoms with E-state index in [1.807, 2.05) is 27.7 Å². The van der Waals surface area contributed by atoms with Gasteiger partial charge < -0.3 is 20.1 Å². The number of hydrogen-bond acceptors (Lipinski definition) is 6. The van der Waals surface area contributed by atoms with Crippen molar-refractivity contribution in [1.82, 2.24) is 0 Å². The van der Waals surface area contributed by atoms with Crippen molar-refractivity contribution in [3.63, 3.8) is 0 Å². The van der Waals surface area contributed by atoms with Crippen molar-refractivity contribution in [3.8, 4) is 0 Å². The van der Waals surface area contributed by atoms with E-state index in [2.05, 4.69) is 13.8 Å². The second kappa shape index (κ2) is 9.15. The first-order valence-electron chi connectivity index (χ1n) is 13.6. The van der Waals surface area contributed by atoms with Gasteiger partial charge in [-0.1, -0.05) is 41.5 Å². The van der Waals surface area contributed by atoms with Crippen LogP contribution in [0.25, 0.3) is 0 Å². The second-order valence-electron chi connectivity index (χ2n) is 13.1. The molecule has 34 heavy (non-hydrogen) atoms. The lowest BCUT2D eigenvalue weighted by molar-refractivity contribution is -0.162. The molecular formula is C28H46O6. The standard InChI is InChI=1S/C28H46O6/c1-14(2)15(3)24(31)25(32)16(4)18-7-8-19-17-13-34-26(33)21-11-22(29)23(30)12-28(21,6)20(17)9-10-27(18,19)5/h14-23,25,29-30,32H,7-13H2,1-6H3/t15-,16-,17-,18+,19-,20-,21+,22-,23-,25+,27+,28+/m0/s1. The molecule has 1 heterocycles. The molecule has 3 saturated carbocycles. The number of carbonyl (C=O) groups excluding carboxylic acids is 2. The Kier molecular flexibility index (Phi) is 7.02. The van der Waals surface area contributed by atoms with Crippen LogP contribution in [0.1, 0.15) is 80.1 Å². The van der Waals surface area contributed by atoms with Gasteiger partial charge in [0.1, 0.15) is 6.10 Å². The number of rotatable bonds is 5. The Morgan fingerprint density at radius 2 is 1.65 bits per heavy atom. The Bertz CT molecular complexity index is 796. The minimum atomic E-state index is -0.945. The number of hydrogen-bond donors (Lipinski definition) is 3. The number of fused-ring (bicyclic) bond motifs is 5. The van der Waals surface area contributed by atoms with Crippen molar-refractivity contribution in [3.05, 3.63) is 0 Å². The molecular weight excluding hydrogens is 432 g/mol. The Balaban J connectivity index is 1.58. The van der Waals surface area contributed by atoms with E-state index >= 15 is 0 Å². The van der Waals surface area contributed by atoms with E-state index < -0.39 is 18.3 Å². The maximum atomic E-state index is 13.0. The topological polar surface area (TPSA) is 104 Å². The SMILES string of the molecule is CC(C)[C@H](C)C(=O)[C@H](O)[C@@H](C)[C@H]1CC[C@H]2[C@@H]3COC(=O)[C@H]4C[C@H](O)[C@@H](O)C[C@]4(C)[C@H]3CC[C@]12C. The van der Waals surface area contributed by atoms with Crippen LogP contribution in [-0.4, -0.2) is 52.0 Å². The van der Waals surface area contributed by atoms with Crippen molar-refractivity contribution in [2.24, 2.45) is 58.2 Å². The highest BCUT2D eigenvalue weighted by Crippen LogP contribution is 2.66. The first kappa shape index (κ1) is 26.1. The lowest BCUT2D eigenvalue weighted by Crippen LogP contribution is -2.54. The third-order valence-corrected chi connectivity index (χ3v) is 11.3. The number of ether oxygens (including phenoxy) is 1. The minimum absolute atomic E-state index is 0.0156. The number of cyclic esters (lactones) is 1. The molecule has 194 valence electrons. The van der Waals surface area contributed by atoms with E-state index in [4.69, 9.17) is 4.74 Å². The van der Waals surface area contributed by atoms with E-state index in [9.17, 15) is 24.9 Å². The van der Waals surface area contributed by atoms with E-state index in [1.54, 1.807) is 0 Å². The maximum Gasteiger partial charge on any atom is 0.309 e. The van der Waals surface area contributed by atoms with Crippen molar-refractivity contribution < 1.29 is 29.6 Å². The molecule has 3 N–H and O–H groups in total. The summed E-state index contributed by atoms with van der Waals surface area (Å²) < 4.78 is 5.85. The number of ketones is 1. The summed E-state index contributed by atoms with van der Waals surface area (Å²) in [5, 5.41) is 31.9. The molecule has 4 rings (SSSR count).